The van der Waals surface area contributed by atoms with Crippen molar-refractivity contribution in [3.63, 3.8) is 0 Å². The Kier molecular flexibility index (Phi) is 7.87. The zero-order valence-corrected chi connectivity index (χ0v) is 21.4. The first-order chi connectivity index (χ1) is 16.1. The number of carbonyl (C=O) groups is 2. The van der Waals surface area contributed by atoms with Crippen molar-refractivity contribution in [2.45, 2.75) is 38.0 Å². The number of phosphoric ester groups is 1. The number of hydrogen-bond acceptors (Lipinski definition) is 8. The standard InChI is InChI=1S/C24H26ClO7PS/c1-24(2)14-30-33(28,31-15-24)32-21(17-4-3-5-18(25)11-17)13-29-19-8-6-16(7-9-19)10-22-20(26)12-23(27)34-22/h3-9,11,21-22H,10,12-15H2,1-2H3. The predicted octanol–water partition coefficient (Wildman–Crippen LogP) is 5.80. The second kappa shape index (κ2) is 10.5. The van der Waals surface area contributed by atoms with Gasteiger partial charge in [0.05, 0.1) is 24.9 Å². The SMILES string of the molecule is CC1(C)COP(=O)(OC(COc2ccc(CC3SC(=O)CC3=O)cc2)c2cccc(Cl)c2)OC1. The summed E-state index contributed by atoms with van der Waals surface area (Å²) in [7, 11) is -3.77. The smallest absolute Gasteiger partial charge is 0.475 e. The molecular weight excluding hydrogens is 499 g/mol. The molecule has 2 heterocycles. The molecule has 2 aromatic carbocycles. The second-order valence-corrected chi connectivity index (χ2v) is 12.4. The molecule has 0 aliphatic carbocycles. The van der Waals surface area contributed by atoms with Crippen LogP contribution in [-0.4, -0.2) is 36.0 Å². The quantitative estimate of drug-likeness (QED) is 0.316. The highest BCUT2D eigenvalue weighted by atomic mass is 35.5. The number of phosphoric acid groups is 1. The summed E-state index contributed by atoms with van der Waals surface area (Å²) in [6.07, 6.45) is -0.238. The number of ketones is 1. The maximum absolute atomic E-state index is 13.1. The van der Waals surface area contributed by atoms with Gasteiger partial charge in [0.15, 0.2) is 10.9 Å². The largest absolute Gasteiger partial charge is 0.491 e. The van der Waals surface area contributed by atoms with Crippen LogP contribution in [0.2, 0.25) is 5.02 Å². The molecule has 2 unspecified atom stereocenters. The molecule has 0 spiro atoms. The molecule has 0 bridgehead atoms. The lowest BCUT2D eigenvalue weighted by molar-refractivity contribution is -0.121. The molecule has 4 rings (SSSR count). The minimum atomic E-state index is -3.77. The van der Waals surface area contributed by atoms with Gasteiger partial charge in [-0.1, -0.05) is 61.5 Å². The number of hydrogen-bond donors (Lipinski definition) is 0. The molecule has 0 aromatic heterocycles. The van der Waals surface area contributed by atoms with Gasteiger partial charge in [0.1, 0.15) is 18.5 Å². The summed E-state index contributed by atoms with van der Waals surface area (Å²) in [5.41, 5.74) is 1.36. The fraction of sp³-hybridized carbons (Fsp3) is 0.417. The highest BCUT2D eigenvalue weighted by Crippen LogP contribution is 2.57. The van der Waals surface area contributed by atoms with E-state index in [9.17, 15) is 14.2 Å². The van der Waals surface area contributed by atoms with Crippen molar-refractivity contribution in [3.05, 3.63) is 64.7 Å². The number of benzene rings is 2. The molecule has 0 radical (unpaired) electrons. The van der Waals surface area contributed by atoms with E-state index in [1.165, 1.54) is 0 Å². The van der Waals surface area contributed by atoms with E-state index in [2.05, 4.69) is 0 Å². The van der Waals surface area contributed by atoms with Gasteiger partial charge in [-0.3, -0.25) is 23.2 Å². The molecule has 2 atom stereocenters. The van der Waals surface area contributed by atoms with E-state index in [0.29, 0.717) is 22.8 Å². The van der Waals surface area contributed by atoms with Gasteiger partial charge in [-0.15, -0.1) is 0 Å². The van der Waals surface area contributed by atoms with Crippen molar-refractivity contribution >= 4 is 42.1 Å². The topological polar surface area (TPSA) is 88.1 Å². The van der Waals surface area contributed by atoms with Gasteiger partial charge >= 0.3 is 7.82 Å². The minimum Gasteiger partial charge on any atom is -0.491 e. The third-order valence-corrected chi connectivity index (χ3v) is 8.16. The Hall–Kier alpha value is -1.67. The Bertz CT molecular complexity index is 1090. The van der Waals surface area contributed by atoms with Gasteiger partial charge in [0.25, 0.3) is 0 Å². The summed E-state index contributed by atoms with van der Waals surface area (Å²) in [6, 6.07) is 14.3. The molecule has 2 fully saturated rings. The molecule has 2 saturated heterocycles. The fourth-order valence-electron chi connectivity index (χ4n) is 3.48. The van der Waals surface area contributed by atoms with Crippen LogP contribution in [0.1, 0.15) is 37.5 Å². The summed E-state index contributed by atoms with van der Waals surface area (Å²) >= 11 is 7.26. The average Bonchev–Trinajstić information content (AvgIpc) is 3.11. The lowest BCUT2D eigenvalue weighted by Gasteiger charge is -2.34. The van der Waals surface area contributed by atoms with Gasteiger partial charge < -0.3 is 4.74 Å². The van der Waals surface area contributed by atoms with Gasteiger partial charge in [-0.2, -0.15) is 0 Å². The van der Waals surface area contributed by atoms with Crippen LogP contribution in [0.4, 0.5) is 0 Å². The summed E-state index contributed by atoms with van der Waals surface area (Å²) < 4.78 is 35.8. The van der Waals surface area contributed by atoms with Crippen LogP contribution in [0.25, 0.3) is 0 Å². The van der Waals surface area contributed by atoms with Crippen LogP contribution >= 0.6 is 31.2 Å². The zero-order valence-electron chi connectivity index (χ0n) is 18.9. The van der Waals surface area contributed by atoms with E-state index < -0.39 is 13.9 Å². The van der Waals surface area contributed by atoms with Gasteiger partial charge in [-0.05, 0) is 41.8 Å². The Labute approximate surface area is 208 Å². The highest BCUT2D eigenvalue weighted by Gasteiger charge is 2.40. The number of carbonyl (C=O) groups excluding carboxylic acids is 2. The average molecular weight is 525 g/mol. The highest BCUT2D eigenvalue weighted by molar-refractivity contribution is 8.15. The molecule has 34 heavy (non-hydrogen) atoms. The monoisotopic (exact) mass is 524 g/mol. The maximum Gasteiger partial charge on any atom is 0.475 e. The number of thioether (sulfide) groups is 1. The van der Waals surface area contributed by atoms with E-state index in [1.54, 1.807) is 36.4 Å². The van der Waals surface area contributed by atoms with Crippen molar-refractivity contribution in [3.8, 4) is 5.75 Å². The van der Waals surface area contributed by atoms with E-state index >= 15 is 0 Å². The van der Waals surface area contributed by atoms with Crippen LogP contribution in [-0.2, 0) is 34.1 Å². The Morgan fingerprint density at radius 1 is 1.15 bits per heavy atom. The molecule has 2 aliphatic rings. The molecular formula is C24H26ClO7PS. The normalized spacial score (nSPS) is 22.5. The van der Waals surface area contributed by atoms with E-state index in [1.807, 2.05) is 26.0 Å². The minimum absolute atomic E-state index is 0.0101. The number of ether oxygens (including phenoxy) is 1. The number of rotatable bonds is 8. The molecule has 0 saturated carbocycles. The molecule has 0 N–H and O–H groups in total. The molecule has 7 nitrogen and oxygen atoms in total. The molecule has 10 heteroatoms. The van der Waals surface area contributed by atoms with E-state index in [-0.39, 0.29) is 47.8 Å². The van der Waals surface area contributed by atoms with Crippen LogP contribution in [0.5, 0.6) is 5.75 Å². The van der Waals surface area contributed by atoms with E-state index in [4.69, 9.17) is 29.9 Å². The van der Waals surface area contributed by atoms with Crippen molar-refractivity contribution in [2.24, 2.45) is 5.41 Å². The lowest BCUT2D eigenvalue weighted by atomic mass is 9.97. The zero-order chi connectivity index (χ0) is 24.3. The summed E-state index contributed by atoms with van der Waals surface area (Å²) in [4.78, 5) is 23.3. The first kappa shape index (κ1) is 25.4. The first-order valence-corrected chi connectivity index (χ1v) is 13.6. The van der Waals surface area contributed by atoms with Crippen LogP contribution < -0.4 is 4.74 Å². The van der Waals surface area contributed by atoms with Crippen molar-refractivity contribution in [1.82, 2.24) is 0 Å². The predicted molar refractivity (Wildman–Crippen MR) is 130 cm³/mol. The summed E-state index contributed by atoms with van der Waals surface area (Å²) in [6.45, 7) is 4.46. The third kappa shape index (κ3) is 6.72. The summed E-state index contributed by atoms with van der Waals surface area (Å²) in [5.74, 6) is 0.549. The molecule has 2 aliphatic heterocycles. The first-order valence-electron chi connectivity index (χ1n) is 10.9. The van der Waals surface area contributed by atoms with Gasteiger partial charge in [-0.25, -0.2) is 4.57 Å². The summed E-state index contributed by atoms with van der Waals surface area (Å²) in [5, 5.41) is 0.117. The van der Waals surface area contributed by atoms with Crippen LogP contribution in [0.3, 0.4) is 0 Å². The number of Topliss-reactive ketones (excluding diaryl/α,β-unsaturated/α-hetero) is 1. The van der Waals surface area contributed by atoms with E-state index in [0.717, 1.165) is 17.3 Å². The van der Waals surface area contributed by atoms with Gasteiger partial charge in [0, 0.05) is 10.4 Å². The lowest BCUT2D eigenvalue weighted by Crippen LogP contribution is -2.30. The second-order valence-electron chi connectivity index (χ2n) is 9.09. The van der Waals surface area contributed by atoms with Crippen LogP contribution in [0.15, 0.2) is 48.5 Å². The third-order valence-electron chi connectivity index (χ3n) is 5.40. The molecule has 182 valence electrons. The fourth-order valence-corrected chi connectivity index (χ4v) is 6.42. The van der Waals surface area contributed by atoms with Crippen molar-refractivity contribution in [2.75, 3.05) is 19.8 Å². The van der Waals surface area contributed by atoms with Crippen molar-refractivity contribution in [1.29, 1.82) is 0 Å². The number of halogens is 1. The maximum atomic E-state index is 13.1. The van der Waals surface area contributed by atoms with Gasteiger partial charge in [0.2, 0.25) is 0 Å². The molecule has 2 aromatic rings. The Balaban J connectivity index is 1.42. The molecule has 0 amide bonds. The Morgan fingerprint density at radius 3 is 2.47 bits per heavy atom. The van der Waals surface area contributed by atoms with Crippen molar-refractivity contribution < 1.29 is 32.5 Å². The van der Waals surface area contributed by atoms with Crippen LogP contribution in [0, 0.1) is 5.41 Å². The Morgan fingerprint density at radius 2 is 1.85 bits per heavy atom.